The number of phenols is 1. The number of hydrogen-bond donors (Lipinski definition) is 8. The fourth-order valence-corrected chi connectivity index (χ4v) is 16.3. The van der Waals surface area contributed by atoms with Crippen molar-refractivity contribution in [3.8, 4) is 5.75 Å². The van der Waals surface area contributed by atoms with Gasteiger partial charge in [-0.15, -0.1) is 5.11 Å². The molecule has 0 atom stereocenters. The Labute approximate surface area is 491 Å². The van der Waals surface area contributed by atoms with E-state index in [9.17, 15) is 52.4 Å². The number of sulfone groups is 1. The molecule has 1 aromatic heterocycles. The maximum atomic E-state index is 13.2. The molecule has 0 saturated heterocycles. The fraction of sp³-hybridized carbons (Fsp3) is 0.490. The fourth-order valence-electron chi connectivity index (χ4n) is 8.20. The topological polar surface area (TPSA) is 403 Å². The number of fused-ring (bicyclic) bond motifs is 1. The van der Waals surface area contributed by atoms with Crippen molar-refractivity contribution < 1.29 is 88.5 Å². The second-order valence-electron chi connectivity index (χ2n) is 17.7. The van der Waals surface area contributed by atoms with Gasteiger partial charge in [-0.25, -0.2) is 8.42 Å². The molecule has 1 heterocycles. The summed E-state index contributed by atoms with van der Waals surface area (Å²) in [6.07, 6.45) is 1.20. The van der Waals surface area contributed by atoms with Gasteiger partial charge in [-0.05, 0) is 120 Å². The van der Waals surface area contributed by atoms with Gasteiger partial charge in [0.25, 0.3) is 30.4 Å². The van der Waals surface area contributed by atoms with Crippen molar-refractivity contribution in [1.29, 1.82) is 0 Å². The Morgan fingerprint density at radius 1 is 0.536 bits per heavy atom. The highest BCUT2D eigenvalue weighted by Crippen LogP contribution is 2.46. The third kappa shape index (κ3) is 21.0. The molecule has 8 N–H and O–H groups in total. The number of nitrogens with one attached hydrogen (secondary N) is 4. The van der Waals surface area contributed by atoms with E-state index in [1.54, 1.807) is 0 Å². The van der Waals surface area contributed by atoms with Crippen LogP contribution >= 0.6 is 0 Å². The van der Waals surface area contributed by atoms with Gasteiger partial charge < -0.3 is 62.4 Å². The van der Waals surface area contributed by atoms with Crippen molar-refractivity contribution in [3.63, 3.8) is 0 Å². The number of nitrogens with zero attached hydrogens (tertiary/aromatic N) is 5. The summed E-state index contributed by atoms with van der Waals surface area (Å²) in [6.45, 7) is 15.6. The molecular weight excluding hydrogens is 1220 g/mol. The summed E-state index contributed by atoms with van der Waals surface area (Å²) in [5.41, 5.74) is -1.19. The van der Waals surface area contributed by atoms with Crippen molar-refractivity contribution in [1.82, 2.24) is 20.3 Å². The number of hydrogen-bond acceptors (Lipinski definition) is 26. The van der Waals surface area contributed by atoms with E-state index in [2.05, 4.69) is 46.4 Å². The summed E-state index contributed by atoms with van der Waals surface area (Å²) >= 11 is 0. The molecule has 0 aliphatic carbocycles. The molecule has 0 bridgehead atoms. The Kier molecular flexibility index (Phi) is 26.8. The van der Waals surface area contributed by atoms with Gasteiger partial charge in [-0.1, -0.05) is 6.07 Å². The minimum atomic E-state index is -5.29. The lowest BCUT2D eigenvalue weighted by Gasteiger charge is -2.28. The lowest BCUT2D eigenvalue weighted by Crippen LogP contribution is -2.46. The zero-order chi connectivity index (χ0) is 61.6. The highest BCUT2D eigenvalue weighted by molar-refractivity contribution is 7.91. The minimum Gasteiger partial charge on any atom is -0.505 e. The lowest BCUT2D eigenvalue weighted by atomic mass is 10.1. The van der Waals surface area contributed by atoms with Crippen molar-refractivity contribution in [2.45, 2.75) is 86.1 Å². The Morgan fingerprint density at radius 3 is 1.58 bits per heavy atom. The standard InChI is InChI=1S/C49H73N9O20S4Si2/c1-7-73-83(74-8-2,75-9-3)30-14-25-71-27-22-50-24-29-79(60,61)39-20-18-37(19-21-39)57-58-45-43(82(68,69)70)33-36-32-41(81(65,66)67)35-42(44(36)46(45)59)53-49-55-47(54-48(56-49)52-38-16-13-17-40(34-38)80(62,63)64)51-23-28-72-26-15-31-84(76-10-4,77-11-5)78-12-6/h13,16-21,32-35,50,59H,7-12,14-15,22-31H2,1-6H3,(H,62,63,64)(H,65,66,67)(H,68,69,70)(H3,51,52,53,54,55,56). The maximum absolute atomic E-state index is 13.2. The molecule has 0 aliphatic rings. The summed E-state index contributed by atoms with van der Waals surface area (Å²) in [6, 6.07) is 13.5. The molecule has 35 heteroatoms. The second kappa shape index (κ2) is 32.4. The summed E-state index contributed by atoms with van der Waals surface area (Å²) < 4.78 is 179. The third-order valence-corrected chi connectivity index (χ3v) is 22.2. The molecule has 0 fully saturated rings. The van der Waals surface area contributed by atoms with E-state index in [0.717, 1.165) is 30.3 Å². The molecular formula is C49H73N9O20S4Si2. The van der Waals surface area contributed by atoms with E-state index in [4.69, 9.17) is 36.0 Å². The SMILES string of the molecule is CCO[Si](CCCOCCNCCS(=O)(=O)c1ccc(N=Nc2c(S(=O)(=O)O)cc3cc(S(=O)(=O)O)cc(Nc4nc(NCCOCCC[Si](OCC)(OCC)OCC)nc(Nc5cccc(S(=O)(=O)O)c5)n4)c3c2O)cc1)(OCC)OCC. The quantitative estimate of drug-likeness (QED) is 0.00842. The lowest BCUT2D eigenvalue weighted by molar-refractivity contribution is 0.0656. The van der Waals surface area contributed by atoms with Crippen LogP contribution in [0.4, 0.5) is 40.6 Å². The van der Waals surface area contributed by atoms with Crippen molar-refractivity contribution in [2.24, 2.45) is 10.2 Å². The number of rotatable bonds is 40. The molecule has 5 rings (SSSR count). The average Bonchev–Trinajstić information content (AvgIpc) is 1.23. The van der Waals surface area contributed by atoms with Crippen molar-refractivity contribution in [3.05, 3.63) is 66.7 Å². The van der Waals surface area contributed by atoms with Crippen LogP contribution in [-0.2, 0) is 76.2 Å². The van der Waals surface area contributed by atoms with Crippen LogP contribution in [0.15, 0.2) is 96.5 Å². The molecule has 84 heavy (non-hydrogen) atoms. The van der Waals surface area contributed by atoms with E-state index in [-0.39, 0.29) is 70.1 Å². The zero-order valence-electron chi connectivity index (χ0n) is 47.3. The summed E-state index contributed by atoms with van der Waals surface area (Å²) in [5, 5.41) is 30.7. The van der Waals surface area contributed by atoms with E-state index in [0.29, 0.717) is 90.9 Å². The Balaban J connectivity index is 1.38. The number of phenolic OH excluding ortho intramolecular Hbond substituents is 1. The first kappa shape index (κ1) is 69.5. The van der Waals surface area contributed by atoms with Crippen LogP contribution in [0.3, 0.4) is 0 Å². The highest BCUT2D eigenvalue weighted by atomic mass is 32.2. The summed E-state index contributed by atoms with van der Waals surface area (Å²) in [7, 11) is -24.6. The Hall–Kier alpha value is -5.30. The van der Waals surface area contributed by atoms with Crippen LogP contribution in [0.1, 0.15) is 54.4 Å². The second-order valence-corrected chi connectivity index (χ2v) is 29.5. The van der Waals surface area contributed by atoms with E-state index in [1.165, 1.54) is 36.4 Å². The predicted molar refractivity (Wildman–Crippen MR) is 314 cm³/mol. The third-order valence-electron chi connectivity index (χ3n) is 11.7. The number of aromatic nitrogens is 3. The van der Waals surface area contributed by atoms with Gasteiger partial charge in [0.15, 0.2) is 15.6 Å². The highest BCUT2D eigenvalue weighted by Gasteiger charge is 2.40. The van der Waals surface area contributed by atoms with Crippen LogP contribution in [0, 0.1) is 0 Å². The molecule has 0 aliphatic heterocycles. The smallest absolute Gasteiger partial charge is 0.501 e. The monoisotopic (exact) mass is 1290 g/mol. The van der Waals surface area contributed by atoms with Crippen molar-refractivity contribution in [2.75, 3.05) is 107 Å². The minimum absolute atomic E-state index is 0.0278. The normalized spacial score (nSPS) is 12.8. The number of benzene rings is 4. The first-order valence-electron chi connectivity index (χ1n) is 26.7. The predicted octanol–water partition coefficient (Wildman–Crippen LogP) is 7.06. The molecule has 0 saturated carbocycles. The van der Waals surface area contributed by atoms with Crippen LogP contribution in [-0.4, -0.2) is 176 Å². The van der Waals surface area contributed by atoms with E-state index >= 15 is 0 Å². The van der Waals surface area contributed by atoms with E-state index in [1.807, 2.05) is 41.5 Å². The summed E-state index contributed by atoms with van der Waals surface area (Å²) in [5.74, 6) is -2.07. The van der Waals surface area contributed by atoms with Crippen LogP contribution in [0.25, 0.3) is 10.8 Å². The zero-order valence-corrected chi connectivity index (χ0v) is 52.5. The first-order chi connectivity index (χ1) is 39.8. The van der Waals surface area contributed by atoms with Gasteiger partial charge in [0.2, 0.25) is 17.8 Å². The molecule has 5 aromatic rings. The van der Waals surface area contributed by atoms with Gasteiger partial charge >= 0.3 is 17.6 Å². The Bertz CT molecular complexity index is 3420. The molecule has 4 aromatic carbocycles. The number of ether oxygens (including phenoxy) is 2. The van der Waals surface area contributed by atoms with Crippen LogP contribution in [0.5, 0.6) is 5.75 Å². The number of anilines is 5. The van der Waals surface area contributed by atoms with E-state index < -0.39 is 89.9 Å². The molecule has 466 valence electrons. The van der Waals surface area contributed by atoms with Gasteiger partial charge in [0, 0.05) is 95.7 Å². The van der Waals surface area contributed by atoms with Crippen molar-refractivity contribution >= 4 is 109 Å². The summed E-state index contributed by atoms with van der Waals surface area (Å²) in [4.78, 5) is 10.6. The van der Waals surface area contributed by atoms with Gasteiger partial charge in [-0.3, -0.25) is 13.7 Å². The molecule has 0 spiro atoms. The largest absolute Gasteiger partial charge is 0.505 e. The Morgan fingerprint density at radius 2 is 1.06 bits per heavy atom. The molecule has 0 radical (unpaired) electrons. The van der Waals surface area contributed by atoms with Gasteiger partial charge in [0.1, 0.15) is 10.6 Å². The van der Waals surface area contributed by atoms with Crippen LogP contribution in [0.2, 0.25) is 12.1 Å². The maximum Gasteiger partial charge on any atom is 0.501 e. The van der Waals surface area contributed by atoms with Crippen LogP contribution < -0.4 is 21.3 Å². The van der Waals surface area contributed by atoms with Gasteiger partial charge in [-0.2, -0.15) is 45.3 Å². The number of aromatic hydroxyl groups is 1. The molecule has 0 unspecified atom stereocenters. The first-order valence-corrected chi connectivity index (χ1v) is 36.5. The average molecular weight is 1290 g/mol. The van der Waals surface area contributed by atoms with Gasteiger partial charge in [0.05, 0.1) is 45.0 Å². The molecule has 0 amide bonds. The number of azo groups is 1. The molecule has 29 nitrogen and oxygen atoms in total.